The van der Waals surface area contributed by atoms with Gasteiger partial charge in [0.2, 0.25) is 24.4 Å². The summed E-state index contributed by atoms with van der Waals surface area (Å²) in [5.41, 5.74) is 10.5. The average Bonchev–Trinajstić information content (AvgIpc) is 3.57. The summed E-state index contributed by atoms with van der Waals surface area (Å²) < 4.78 is 10.7. The molecule has 0 aromatic heterocycles. The Morgan fingerprint density at radius 3 is 2.69 bits per heavy atom. The smallest absolute Gasteiger partial charge is 0.255 e. The summed E-state index contributed by atoms with van der Waals surface area (Å²) >= 11 is 0. The zero-order valence-electron chi connectivity index (χ0n) is 18.9. The van der Waals surface area contributed by atoms with Crippen molar-refractivity contribution in [3.63, 3.8) is 0 Å². The van der Waals surface area contributed by atoms with Gasteiger partial charge in [-0.2, -0.15) is 0 Å². The third-order valence-corrected chi connectivity index (χ3v) is 7.27. The van der Waals surface area contributed by atoms with Crippen LogP contribution in [0.1, 0.15) is 23.2 Å². The Kier molecular flexibility index (Phi) is 4.62. The van der Waals surface area contributed by atoms with Crippen LogP contribution in [-0.4, -0.2) is 99.1 Å². The Morgan fingerprint density at radius 2 is 1.94 bits per heavy atom. The quantitative estimate of drug-likeness (QED) is 0.175. The van der Waals surface area contributed by atoms with E-state index in [-0.39, 0.29) is 67.8 Å². The van der Waals surface area contributed by atoms with Gasteiger partial charge >= 0.3 is 0 Å². The minimum atomic E-state index is -2.66. The number of amides is 3. The number of rotatable bonds is 4. The largest absolute Gasteiger partial charge is 0.454 e. The molecule has 6 rings (SSSR count). The van der Waals surface area contributed by atoms with Crippen LogP contribution in [-0.2, 0) is 9.59 Å². The van der Waals surface area contributed by atoms with E-state index in [4.69, 9.17) is 20.9 Å². The minimum Gasteiger partial charge on any atom is -0.454 e. The highest BCUT2D eigenvalue weighted by Crippen LogP contribution is 2.45. The number of para-hydroxylation sites is 1. The highest BCUT2D eigenvalue weighted by Gasteiger charge is 2.73. The van der Waals surface area contributed by atoms with Gasteiger partial charge in [0.15, 0.2) is 29.1 Å². The minimum absolute atomic E-state index is 0.0392. The summed E-state index contributed by atoms with van der Waals surface area (Å²) in [6, 6.07) is 1.56. The Morgan fingerprint density at radius 1 is 1.19 bits per heavy atom. The molecule has 0 aliphatic carbocycles. The molecule has 1 aromatic rings. The number of likely N-dealkylation sites (tertiary alicyclic amines) is 1. The molecule has 8 N–H and O–H groups in total. The summed E-state index contributed by atoms with van der Waals surface area (Å²) in [5, 5.41) is 28.5. The third kappa shape index (κ3) is 2.89. The van der Waals surface area contributed by atoms with Crippen molar-refractivity contribution in [3.05, 3.63) is 23.8 Å². The van der Waals surface area contributed by atoms with E-state index in [9.17, 15) is 24.6 Å². The monoisotopic (exact) mass is 500 g/mol. The number of nitrogens with zero attached hydrogens (tertiary/aromatic N) is 4. The van der Waals surface area contributed by atoms with E-state index in [0.717, 1.165) is 4.90 Å². The van der Waals surface area contributed by atoms with Gasteiger partial charge in [0, 0.05) is 19.4 Å². The predicted molar refractivity (Wildman–Crippen MR) is 120 cm³/mol. The van der Waals surface area contributed by atoms with Gasteiger partial charge in [-0.15, -0.1) is 0 Å². The van der Waals surface area contributed by atoms with Crippen LogP contribution in [0.3, 0.4) is 0 Å². The van der Waals surface area contributed by atoms with E-state index in [0.29, 0.717) is 5.75 Å². The molecule has 5 heterocycles. The fourth-order valence-electron chi connectivity index (χ4n) is 5.59. The lowest BCUT2D eigenvalue weighted by atomic mass is 9.84. The number of aliphatic imine (C=N–C) groups is 2. The molecular weight excluding hydrogens is 476 g/mol. The number of hydrogen-bond acceptors (Lipinski definition) is 13. The summed E-state index contributed by atoms with van der Waals surface area (Å²) in [4.78, 5) is 48.8. The summed E-state index contributed by atoms with van der Waals surface area (Å²) in [6.45, 7) is -0.346. The predicted octanol–water partition coefficient (Wildman–Crippen LogP) is -3.66. The molecule has 1 aromatic carbocycles. The maximum Gasteiger partial charge on any atom is 0.255 e. The molecule has 15 nitrogen and oxygen atoms in total. The Labute approximate surface area is 203 Å². The van der Waals surface area contributed by atoms with E-state index in [1.54, 1.807) is 12.1 Å². The molecule has 36 heavy (non-hydrogen) atoms. The number of hydrogen-bond donors (Lipinski definition) is 6. The molecule has 4 atom stereocenters. The molecule has 3 amide bonds. The van der Waals surface area contributed by atoms with E-state index in [2.05, 4.69) is 20.6 Å². The third-order valence-electron chi connectivity index (χ3n) is 7.27. The molecule has 5 aliphatic rings. The summed E-state index contributed by atoms with van der Waals surface area (Å²) in [5.74, 6) is -3.56. The lowest BCUT2D eigenvalue weighted by molar-refractivity contribution is -0.230. The van der Waals surface area contributed by atoms with Gasteiger partial charge in [0.05, 0.1) is 18.2 Å². The van der Waals surface area contributed by atoms with Gasteiger partial charge in [-0.1, -0.05) is 6.07 Å². The second-order valence-corrected chi connectivity index (χ2v) is 9.21. The molecule has 5 aliphatic heterocycles. The van der Waals surface area contributed by atoms with Gasteiger partial charge in [-0.3, -0.25) is 19.3 Å². The molecule has 0 unspecified atom stereocenters. The number of guanidine groups is 2. The van der Waals surface area contributed by atoms with Crippen molar-refractivity contribution in [2.45, 2.75) is 42.4 Å². The topological polar surface area (TPSA) is 217 Å². The first-order chi connectivity index (χ1) is 17.1. The van der Waals surface area contributed by atoms with Crippen molar-refractivity contribution in [2.24, 2.45) is 21.5 Å². The summed E-state index contributed by atoms with van der Waals surface area (Å²) in [6.07, 6.45) is 0.179. The first kappa shape index (κ1) is 22.4. The summed E-state index contributed by atoms with van der Waals surface area (Å²) in [7, 11) is 0. The van der Waals surface area contributed by atoms with Gasteiger partial charge in [0.1, 0.15) is 12.1 Å². The van der Waals surface area contributed by atoms with Crippen LogP contribution >= 0.6 is 0 Å². The van der Waals surface area contributed by atoms with Crippen LogP contribution in [0.4, 0.5) is 0 Å². The first-order valence-electron chi connectivity index (χ1n) is 11.3. The molecule has 0 saturated carbocycles. The molecule has 0 bridgehead atoms. The van der Waals surface area contributed by atoms with E-state index in [1.807, 2.05) is 0 Å². The highest BCUT2D eigenvalue weighted by atomic mass is 16.7. The zero-order chi connectivity index (χ0) is 25.4. The van der Waals surface area contributed by atoms with Crippen LogP contribution < -0.4 is 31.6 Å². The fourth-order valence-corrected chi connectivity index (χ4v) is 5.59. The van der Waals surface area contributed by atoms with Gasteiger partial charge < -0.3 is 46.7 Å². The number of carbonyl (C=O) groups excluding carboxylic acids is 3. The van der Waals surface area contributed by atoms with Crippen molar-refractivity contribution < 1.29 is 34.1 Å². The van der Waals surface area contributed by atoms with Gasteiger partial charge in [-0.25, -0.2) is 9.98 Å². The van der Waals surface area contributed by atoms with Crippen LogP contribution in [0.15, 0.2) is 28.2 Å². The average molecular weight is 500 g/mol. The van der Waals surface area contributed by atoms with Crippen molar-refractivity contribution in [1.82, 2.24) is 20.4 Å². The highest BCUT2D eigenvalue weighted by molar-refractivity contribution is 6.02. The van der Waals surface area contributed by atoms with Crippen LogP contribution in [0.2, 0.25) is 0 Å². The molecular formula is C21H24N8O7. The number of fused-ring (bicyclic) bond motifs is 1. The van der Waals surface area contributed by atoms with E-state index in [1.165, 1.54) is 11.0 Å². The lowest BCUT2D eigenvalue weighted by Gasteiger charge is -2.49. The first-order valence-corrected chi connectivity index (χ1v) is 11.3. The molecule has 2 fully saturated rings. The lowest BCUT2D eigenvalue weighted by Crippen LogP contribution is -2.78. The SMILES string of the molecule is NC1=N[C@H]2[C@H](CN3C(=O)CCC3=O)N=C(N)N3C[C@H](NC(=O)c4cccc5c4OCO5)C(O)(O)[C@@]23N1. The number of imide groups is 1. The Bertz CT molecular complexity index is 1230. The number of aliphatic hydroxyl groups is 2. The van der Waals surface area contributed by atoms with Gasteiger partial charge in [0.25, 0.3) is 5.91 Å². The van der Waals surface area contributed by atoms with Crippen molar-refractivity contribution in [2.75, 3.05) is 19.9 Å². The second kappa shape index (κ2) is 7.44. The fraction of sp³-hybridized carbons (Fsp3) is 0.476. The standard InChI is InChI=1S/C21H24N8O7/c22-18-26-16-10(6-28-13(30)4-5-14(28)31)24-19(23)29-7-12(21(33,34)20(16,29)27-18)25-17(32)9-2-1-3-11-15(9)36-8-35-11/h1-3,10,12,16,33-34H,4-8H2,(H2,23,24)(H,25,32)(H3,22,26,27)/t10-,12-,16-,20+/m0/s1. The second-order valence-electron chi connectivity index (χ2n) is 9.21. The Balaban J connectivity index is 1.32. The molecule has 2 saturated heterocycles. The molecule has 190 valence electrons. The van der Waals surface area contributed by atoms with Crippen molar-refractivity contribution in [1.29, 1.82) is 0 Å². The molecule has 0 radical (unpaired) electrons. The number of carbonyl (C=O) groups is 3. The molecule has 1 spiro atoms. The van der Waals surface area contributed by atoms with Crippen LogP contribution in [0, 0.1) is 0 Å². The zero-order valence-corrected chi connectivity index (χ0v) is 18.9. The number of nitrogens with two attached hydrogens (primary N) is 2. The van der Waals surface area contributed by atoms with Crippen LogP contribution in [0.5, 0.6) is 11.5 Å². The van der Waals surface area contributed by atoms with Gasteiger partial charge in [-0.05, 0) is 12.1 Å². The van der Waals surface area contributed by atoms with E-state index >= 15 is 0 Å². The number of benzene rings is 1. The number of ether oxygens (including phenoxy) is 2. The van der Waals surface area contributed by atoms with E-state index < -0.39 is 35.5 Å². The number of nitrogens with one attached hydrogen (secondary N) is 2. The molecule has 15 heteroatoms. The maximum absolute atomic E-state index is 13.2. The van der Waals surface area contributed by atoms with Crippen LogP contribution in [0.25, 0.3) is 0 Å². The maximum atomic E-state index is 13.2. The normalized spacial score (nSPS) is 31.6. The van der Waals surface area contributed by atoms with Crippen molar-refractivity contribution in [3.8, 4) is 11.5 Å². The van der Waals surface area contributed by atoms with Crippen molar-refractivity contribution >= 4 is 29.6 Å². The Hall–Kier alpha value is -4.11.